The third-order valence-corrected chi connectivity index (χ3v) is 5.24. The van der Waals surface area contributed by atoms with Crippen molar-refractivity contribution in [3.8, 4) is 5.75 Å². The van der Waals surface area contributed by atoms with Crippen LogP contribution in [-0.2, 0) is 0 Å². The lowest BCUT2D eigenvalue weighted by molar-refractivity contribution is 0.249. The molecule has 5 nitrogen and oxygen atoms in total. The Balaban J connectivity index is 1.57. The molecule has 144 valence electrons. The number of ether oxygens (including phenoxy) is 1. The number of anilines is 2. The second-order valence-electron chi connectivity index (χ2n) is 7.28. The third-order valence-electron chi connectivity index (χ3n) is 5.24. The van der Waals surface area contributed by atoms with E-state index in [4.69, 9.17) is 4.74 Å². The van der Waals surface area contributed by atoms with Crippen LogP contribution in [0.2, 0.25) is 0 Å². The SMILES string of the molecule is COc1ccccc1NC(=O)N[C@H](C)c1ccc(N2CCC(C)CC2)cc1. The number of piperidine rings is 1. The molecule has 0 unspecified atom stereocenters. The summed E-state index contributed by atoms with van der Waals surface area (Å²) in [5.41, 5.74) is 3.00. The summed E-state index contributed by atoms with van der Waals surface area (Å²) in [6, 6.07) is 15.5. The van der Waals surface area contributed by atoms with Crippen LogP contribution in [-0.4, -0.2) is 26.2 Å². The molecule has 1 atom stereocenters. The Morgan fingerprint density at radius 1 is 1.11 bits per heavy atom. The van der Waals surface area contributed by atoms with Crippen molar-refractivity contribution in [3.05, 3.63) is 54.1 Å². The molecule has 0 aromatic heterocycles. The fourth-order valence-electron chi connectivity index (χ4n) is 3.43. The number of methoxy groups -OCH3 is 1. The summed E-state index contributed by atoms with van der Waals surface area (Å²) in [5.74, 6) is 1.46. The first-order valence-corrected chi connectivity index (χ1v) is 9.62. The standard InChI is InChI=1S/C22H29N3O2/c1-16-12-14-25(15-13-16)19-10-8-18(9-11-19)17(2)23-22(26)24-20-6-4-5-7-21(20)27-3/h4-11,16-17H,12-15H2,1-3H3,(H2,23,24,26)/t17-/m1/s1. The zero-order chi connectivity index (χ0) is 19.2. The van der Waals surface area contributed by atoms with Crippen molar-refractivity contribution in [2.45, 2.75) is 32.7 Å². The van der Waals surface area contributed by atoms with Crippen LogP contribution in [0.5, 0.6) is 5.75 Å². The van der Waals surface area contributed by atoms with Crippen molar-refractivity contribution < 1.29 is 9.53 Å². The minimum absolute atomic E-state index is 0.0878. The minimum Gasteiger partial charge on any atom is -0.495 e. The predicted octanol–water partition coefficient (Wildman–Crippen LogP) is 4.81. The second kappa shape index (κ2) is 8.80. The molecule has 0 spiro atoms. The molecule has 1 saturated heterocycles. The van der Waals surface area contributed by atoms with E-state index in [1.165, 1.54) is 18.5 Å². The number of nitrogens with one attached hydrogen (secondary N) is 2. The first-order chi connectivity index (χ1) is 13.1. The Morgan fingerprint density at radius 2 is 1.78 bits per heavy atom. The Kier molecular flexibility index (Phi) is 6.22. The highest BCUT2D eigenvalue weighted by atomic mass is 16.5. The van der Waals surface area contributed by atoms with E-state index in [2.05, 4.69) is 46.7 Å². The lowest BCUT2D eigenvalue weighted by atomic mass is 9.98. The lowest BCUT2D eigenvalue weighted by Gasteiger charge is -2.32. The molecule has 2 aromatic carbocycles. The van der Waals surface area contributed by atoms with E-state index < -0.39 is 0 Å². The number of hydrogen-bond donors (Lipinski definition) is 2. The van der Waals surface area contributed by atoms with Gasteiger partial charge in [-0.2, -0.15) is 0 Å². The molecule has 0 radical (unpaired) electrons. The van der Waals surface area contributed by atoms with Crippen LogP contribution in [0.4, 0.5) is 16.2 Å². The molecule has 1 aliphatic heterocycles. The van der Waals surface area contributed by atoms with Crippen LogP contribution < -0.4 is 20.3 Å². The van der Waals surface area contributed by atoms with E-state index in [0.717, 1.165) is 24.6 Å². The van der Waals surface area contributed by atoms with Crippen LogP contribution in [0.15, 0.2) is 48.5 Å². The van der Waals surface area contributed by atoms with E-state index >= 15 is 0 Å². The molecule has 3 rings (SSSR count). The van der Waals surface area contributed by atoms with Gasteiger partial charge in [0.25, 0.3) is 0 Å². The number of rotatable bonds is 5. The maximum atomic E-state index is 12.3. The van der Waals surface area contributed by atoms with Gasteiger partial charge >= 0.3 is 6.03 Å². The molecule has 0 aliphatic carbocycles. The van der Waals surface area contributed by atoms with Gasteiger partial charge in [0.05, 0.1) is 18.8 Å². The molecule has 1 aliphatic rings. The van der Waals surface area contributed by atoms with Gasteiger partial charge < -0.3 is 20.3 Å². The van der Waals surface area contributed by atoms with Crippen molar-refractivity contribution >= 4 is 17.4 Å². The molecule has 2 aromatic rings. The Bertz CT molecular complexity index is 752. The van der Waals surface area contributed by atoms with Crippen molar-refractivity contribution in [2.75, 3.05) is 30.4 Å². The summed E-state index contributed by atoms with van der Waals surface area (Å²) >= 11 is 0. The van der Waals surface area contributed by atoms with E-state index in [9.17, 15) is 4.79 Å². The molecule has 0 bridgehead atoms. The number of carbonyl (C=O) groups excluding carboxylic acids is 1. The molecule has 5 heteroatoms. The van der Waals surface area contributed by atoms with E-state index in [0.29, 0.717) is 11.4 Å². The normalized spacial score (nSPS) is 15.9. The van der Waals surface area contributed by atoms with Gasteiger partial charge in [-0.15, -0.1) is 0 Å². The summed E-state index contributed by atoms with van der Waals surface area (Å²) in [5, 5.41) is 5.83. The third kappa shape index (κ3) is 4.94. The Hall–Kier alpha value is -2.69. The maximum Gasteiger partial charge on any atom is 0.319 e. The van der Waals surface area contributed by atoms with Crippen LogP contribution >= 0.6 is 0 Å². The summed E-state index contributed by atoms with van der Waals surface area (Å²) < 4.78 is 5.27. The molecular weight excluding hydrogens is 338 g/mol. The van der Waals surface area contributed by atoms with Gasteiger partial charge in [0.2, 0.25) is 0 Å². The number of nitrogens with zero attached hydrogens (tertiary/aromatic N) is 1. The van der Waals surface area contributed by atoms with E-state index in [-0.39, 0.29) is 12.1 Å². The first-order valence-electron chi connectivity index (χ1n) is 9.62. The topological polar surface area (TPSA) is 53.6 Å². The summed E-state index contributed by atoms with van der Waals surface area (Å²) in [7, 11) is 1.59. The summed E-state index contributed by atoms with van der Waals surface area (Å²) in [6.07, 6.45) is 2.51. The van der Waals surface area contributed by atoms with Crippen LogP contribution in [0, 0.1) is 5.92 Å². The molecule has 1 heterocycles. The minimum atomic E-state index is -0.249. The number of para-hydroxylation sites is 2. The largest absolute Gasteiger partial charge is 0.495 e. The smallest absolute Gasteiger partial charge is 0.319 e. The number of urea groups is 1. The number of hydrogen-bond acceptors (Lipinski definition) is 3. The highest BCUT2D eigenvalue weighted by Gasteiger charge is 2.17. The van der Waals surface area contributed by atoms with Gasteiger partial charge in [-0.05, 0) is 55.5 Å². The van der Waals surface area contributed by atoms with Crippen LogP contribution in [0.25, 0.3) is 0 Å². The van der Waals surface area contributed by atoms with Gasteiger partial charge in [-0.3, -0.25) is 0 Å². The van der Waals surface area contributed by atoms with Gasteiger partial charge in [0, 0.05) is 18.8 Å². The van der Waals surface area contributed by atoms with Crippen LogP contribution in [0.3, 0.4) is 0 Å². The van der Waals surface area contributed by atoms with Crippen molar-refractivity contribution in [1.82, 2.24) is 5.32 Å². The summed E-state index contributed by atoms with van der Waals surface area (Å²) in [4.78, 5) is 14.8. The maximum absolute atomic E-state index is 12.3. The van der Waals surface area contributed by atoms with Gasteiger partial charge in [-0.1, -0.05) is 31.2 Å². The highest BCUT2D eigenvalue weighted by molar-refractivity contribution is 5.91. The average Bonchev–Trinajstić information content (AvgIpc) is 2.69. The van der Waals surface area contributed by atoms with Gasteiger partial charge in [0.15, 0.2) is 0 Å². The molecular formula is C22H29N3O2. The molecule has 1 fully saturated rings. The molecule has 0 saturated carbocycles. The van der Waals surface area contributed by atoms with Crippen molar-refractivity contribution in [2.24, 2.45) is 5.92 Å². The lowest BCUT2D eigenvalue weighted by Crippen LogP contribution is -2.33. The Morgan fingerprint density at radius 3 is 2.44 bits per heavy atom. The molecule has 2 N–H and O–H groups in total. The van der Waals surface area contributed by atoms with Crippen molar-refractivity contribution in [1.29, 1.82) is 0 Å². The number of carbonyl (C=O) groups is 1. The molecule has 27 heavy (non-hydrogen) atoms. The fraction of sp³-hybridized carbons (Fsp3) is 0.409. The number of benzene rings is 2. The predicted molar refractivity (Wildman–Crippen MR) is 111 cm³/mol. The summed E-state index contributed by atoms with van der Waals surface area (Å²) in [6.45, 7) is 6.55. The van der Waals surface area contributed by atoms with E-state index in [1.54, 1.807) is 7.11 Å². The van der Waals surface area contributed by atoms with Crippen LogP contribution in [0.1, 0.15) is 38.3 Å². The quantitative estimate of drug-likeness (QED) is 0.797. The van der Waals surface area contributed by atoms with Crippen molar-refractivity contribution in [3.63, 3.8) is 0 Å². The zero-order valence-electron chi connectivity index (χ0n) is 16.4. The zero-order valence-corrected chi connectivity index (χ0v) is 16.4. The monoisotopic (exact) mass is 367 g/mol. The average molecular weight is 367 g/mol. The number of amides is 2. The van der Waals surface area contributed by atoms with Gasteiger partial charge in [0.1, 0.15) is 5.75 Å². The Labute approximate surface area is 161 Å². The highest BCUT2D eigenvalue weighted by Crippen LogP contribution is 2.25. The first kappa shape index (κ1) is 19.1. The molecule has 2 amide bonds. The van der Waals surface area contributed by atoms with Gasteiger partial charge in [-0.25, -0.2) is 4.79 Å². The van der Waals surface area contributed by atoms with E-state index in [1.807, 2.05) is 31.2 Å². The second-order valence-corrected chi connectivity index (χ2v) is 7.28. The fourth-order valence-corrected chi connectivity index (χ4v) is 3.43.